The molecule has 2 rings (SSSR count). The molecule has 0 radical (unpaired) electrons. The Bertz CT molecular complexity index is 638. The molecule has 2 nitrogen and oxygen atoms in total. The van der Waals surface area contributed by atoms with Gasteiger partial charge in [0.25, 0.3) is 0 Å². The highest BCUT2D eigenvalue weighted by molar-refractivity contribution is 9.11. The molecule has 0 bridgehead atoms. The molecule has 2 aromatic rings. The van der Waals surface area contributed by atoms with Crippen LogP contribution in [-0.4, -0.2) is 0 Å². The predicted octanol–water partition coefficient (Wildman–Crippen LogP) is 5.11. The van der Waals surface area contributed by atoms with Crippen LogP contribution in [-0.2, 0) is 0 Å². The molecule has 0 atom stereocenters. The van der Waals surface area contributed by atoms with E-state index in [4.69, 9.17) is 5.26 Å². The number of halogens is 4. The van der Waals surface area contributed by atoms with E-state index in [-0.39, 0.29) is 11.3 Å². The van der Waals surface area contributed by atoms with Crippen molar-refractivity contribution < 1.29 is 8.78 Å². The Morgan fingerprint density at radius 1 is 1.00 bits per heavy atom. The SMILES string of the molecule is N#Cc1cc(F)c(Nc2c(Br)cccc2Br)c(F)c1. The molecule has 0 saturated carbocycles. The molecule has 0 spiro atoms. The lowest BCUT2D eigenvalue weighted by Gasteiger charge is -2.12. The van der Waals surface area contributed by atoms with Crippen LogP contribution in [0.3, 0.4) is 0 Å². The molecule has 0 aliphatic carbocycles. The Labute approximate surface area is 125 Å². The molecule has 0 saturated heterocycles. The Morgan fingerprint density at radius 3 is 2.00 bits per heavy atom. The number of nitriles is 1. The summed E-state index contributed by atoms with van der Waals surface area (Å²) in [5.74, 6) is -1.64. The lowest BCUT2D eigenvalue weighted by Crippen LogP contribution is -2.00. The van der Waals surface area contributed by atoms with E-state index in [0.717, 1.165) is 12.1 Å². The lowest BCUT2D eigenvalue weighted by atomic mass is 10.2. The van der Waals surface area contributed by atoms with Gasteiger partial charge in [-0.25, -0.2) is 8.78 Å². The van der Waals surface area contributed by atoms with Crippen molar-refractivity contribution in [3.8, 4) is 6.07 Å². The first-order valence-corrected chi connectivity index (χ1v) is 6.71. The van der Waals surface area contributed by atoms with Crippen molar-refractivity contribution in [1.29, 1.82) is 5.26 Å². The van der Waals surface area contributed by atoms with Crippen molar-refractivity contribution in [2.24, 2.45) is 0 Å². The molecule has 0 aliphatic rings. The molecule has 19 heavy (non-hydrogen) atoms. The Kier molecular flexibility index (Phi) is 4.17. The lowest BCUT2D eigenvalue weighted by molar-refractivity contribution is 0.590. The fraction of sp³-hybridized carbons (Fsp3) is 0. The van der Waals surface area contributed by atoms with E-state index < -0.39 is 11.6 Å². The standard InChI is InChI=1S/C13H6Br2F2N2/c14-8-2-1-3-9(15)12(8)19-13-10(16)4-7(6-18)5-11(13)17/h1-5,19H. The number of hydrogen-bond acceptors (Lipinski definition) is 2. The number of nitrogens with zero attached hydrogens (tertiary/aromatic N) is 1. The Hall–Kier alpha value is -1.45. The molecule has 0 amide bonds. The van der Waals surface area contributed by atoms with Gasteiger partial charge in [-0.05, 0) is 56.1 Å². The zero-order chi connectivity index (χ0) is 14.0. The third-order valence-electron chi connectivity index (χ3n) is 2.38. The molecule has 0 fully saturated rings. The average Bonchev–Trinajstić information content (AvgIpc) is 2.36. The first-order valence-electron chi connectivity index (χ1n) is 5.13. The van der Waals surface area contributed by atoms with Gasteiger partial charge in [0.2, 0.25) is 0 Å². The molecule has 0 aliphatic heterocycles. The summed E-state index contributed by atoms with van der Waals surface area (Å²) in [5, 5.41) is 11.3. The number of anilines is 2. The number of benzene rings is 2. The first kappa shape index (κ1) is 14.0. The van der Waals surface area contributed by atoms with Crippen molar-refractivity contribution in [2.75, 3.05) is 5.32 Å². The summed E-state index contributed by atoms with van der Waals surface area (Å²) in [6.45, 7) is 0. The normalized spacial score (nSPS) is 10.1. The highest BCUT2D eigenvalue weighted by Gasteiger charge is 2.14. The van der Waals surface area contributed by atoms with Gasteiger partial charge in [-0.15, -0.1) is 0 Å². The van der Waals surface area contributed by atoms with Crippen LogP contribution in [0.4, 0.5) is 20.2 Å². The topological polar surface area (TPSA) is 35.8 Å². The maximum Gasteiger partial charge on any atom is 0.150 e. The quantitative estimate of drug-likeness (QED) is 0.777. The minimum atomic E-state index is -0.820. The molecule has 96 valence electrons. The summed E-state index contributed by atoms with van der Waals surface area (Å²) in [5.41, 5.74) is 0.142. The van der Waals surface area contributed by atoms with E-state index in [9.17, 15) is 8.78 Å². The van der Waals surface area contributed by atoms with E-state index >= 15 is 0 Å². The van der Waals surface area contributed by atoms with Crippen molar-refractivity contribution in [1.82, 2.24) is 0 Å². The van der Waals surface area contributed by atoms with Gasteiger partial charge < -0.3 is 5.32 Å². The van der Waals surface area contributed by atoms with Crippen LogP contribution in [0.2, 0.25) is 0 Å². The third kappa shape index (κ3) is 2.94. The van der Waals surface area contributed by atoms with Crippen molar-refractivity contribution in [2.45, 2.75) is 0 Å². The predicted molar refractivity (Wildman–Crippen MR) is 76.2 cm³/mol. The molecule has 2 aromatic carbocycles. The van der Waals surface area contributed by atoms with Gasteiger partial charge >= 0.3 is 0 Å². The van der Waals surface area contributed by atoms with Gasteiger partial charge in [0.15, 0.2) is 11.6 Å². The zero-order valence-corrected chi connectivity index (χ0v) is 12.5. The third-order valence-corrected chi connectivity index (χ3v) is 3.71. The maximum absolute atomic E-state index is 13.8. The Balaban J connectivity index is 2.48. The van der Waals surface area contributed by atoms with Crippen LogP contribution < -0.4 is 5.32 Å². The molecule has 0 aromatic heterocycles. The fourth-order valence-corrected chi connectivity index (χ4v) is 2.70. The molecule has 0 unspecified atom stereocenters. The van der Waals surface area contributed by atoms with Crippen LogP contribution in [0.1, 0.15) is 5.56 Å². The second-order valence-electron chi connectivity index (χ2n) is 3.65. The van der Waals surface area contributed by atoms with Crippen LogP contribution in [0, 0.1) is 23.0 Å². The summed E-state index contributed by atoms with van der Waals surface area (Å²) >= 11 is 6.58. The minimum Gasteiger partial charge on any atom is -0.349 e. The van der Waals surface area contributed by atoms with Gasteiger partial charge in [-0.2, -0.15) is 5.26 Å². The second kappa shape index (κ2) is 5.68. The number of nitrogens with one attached hydrogen (secondary N) is 1. The first-order chi connectivity index (χ1) is 9.02. The van der Waals surface area contributed by atoms with Crippen LogP contribution in [0.25, 0.3) is 0 Å². The second-order valence-corrected chi connectivity index (χ2v) is 5.36. The highest BCUT2D eigenvalue weighted by atomic mass is 79.9. The van der Waals surface area contributed by atoms with Crippen molar-refractivity contribution in [3.05, 3.63) is 56.5 Å². The largest absolute Gasteiger partial charge is 0.349 e. The number of rotatable bonds is 2. The van der Waals surface area contributed by atoms with E-state index in [1.807, 2.05) is 0 Å². The van der Waals surface area contributed by atoms with E-state index in [1.165, 1.54) is 0 Å². The fourth-order valence-electron chi connectivity index (χ4n) is 1.50. The molecule has 1 N–H and O–H groups in total. The van der Waals surface area contributed by atoms with Gasteiger partial charge in [-0.3, -0.25) is 0 Å². The van der Waals surface area contributed by atoms with Crippen LogP contribution in [0.5, 0.6) is 0 Å². The summed E-state index contributed by atoms with van der Waals surface area (Å²) < 4.78 is 28.8. The van der Waals surface area contributed by atoms with E-state index in [0.29, 0.717) is 14.6 Å². The maximum atomic E-state index is 13.8. The number of para-hydroxylation sites is 1. The smallest absolute Gasteiger partial charge is 0.150 e. The van der Waals surface area contributed by atoms with Gasteiger partial charge in [-0.1, -0.05) is 6.07 Å². The molecule has 0 heterocycles. The zero-order valence-electron chi connectivity index (χ0n) is 9.35. The average molecular weight is 388 g/mol. The summed E-state index contributed by atoms with van der Waals surface area (Å²) in [6.07, 6.45) is 0. The summed E-state index contributed by atoms with van der Waals surface area (Å²) in [4.78, 5) is 0. The van der Waals surface area contributed by atoms with Crippen LogP contribution >= 0.6 is 31.9 Å². The van der Waals surface area contributed by atoms with Gasteiger partial charge in [0.1, 0.15) is 5.69 Å². The summed E-state index contributed by atoms with van der Waals surface area (Å²) in [7, 11) is 0. The summed E-state index contributed by atoms with van der Waals surface area (Å²) in [6, 6.07) is 8.93. The van der Waals surface area contributed by atoms with Crippen LogP contribution in [0.15, 0.2) is 39.3 Å². The van der Waals surface area contributed by atoms with E-state index in [1.54, 1.807) is 24.3 Å². The highest BCUT2D eigenvalue weighted by Crippen LogP contribution is 2.34. The van der Waals surface area contributed by atoms with Crippen molar-refractivity contribution in [3.63, 3.8) is 0 Å². The molecule has 6 heteroatoms. The molecular weight excluding hydrogens is 382 g/mol. The minimum absolute atomic E-state index is 0.0632. The van der Waals surface area contributed by atoms with Gasteiger partial charge in [0, 0.05) is 8.95 Å². The van der Waals surface area contributed by atoms with E-state index in [2.05, 4.69) is 37.2 Å². The number of hydrogen-bond donors (Lipinski definition) is 1. The molecular formula is C13H6Br2F2N2. The monoisotopic (exact) mass is 386 g/mol. The Morgan fingerprint density at radius 2 is 1.53 bits per heavy atom. The van der Waals surface area contributed by atoms with Gasteiger partial charge in [0.05, 0.1) is 17.3 Å². The van der Waals surface area contributed by atoms with Crippen molar-refractivity contribution >= 4 is 43.2 Å².